The Kier molecular flexibility index (Phi) is 4.25. The van der Waals surface area contributed by atoms with Crippen molar-refractivity contribution in [1.82, 2.24) is 0 Å². The molecule has 0 amide bonds. The maximum Gasteiger partial charge on any atom is 0.340 e. The summed E-state index contributed by atoms with van der Waals surface area (Å²) in [4.78, 5) is 11.6. The minimum Gasteiger partial charge on any atom is -0.465 e. The molecule has 4 nitrogen and oxygen atoms in total. The van der Waals surface area contributed by atoms with Crippen molar-refractivity contribution in [2.24, 2.45) is 0 Å². The van der Waals surface area contributed by atoms with Gasteiger partial charge >= 0.3 is 5.97 Å². The van der Waals surface area contributed by atoms with Gasteiger partial charge in [0.05, 0.1) is 24.0 Å². The first-order valence-electron chi connectivity index (χ1n) is 6.41. The Balaban J connectivity index is 2.24. The Hall–Kier alpha value is -2.49. The highest BCUT2D eigenvalue weighted by Gasteiger charge is 2.14. The van der Waals surface area contributed by atoms with Crippen molar-refractivity contribution in [1.29, 1.82) is 0 Å². The fraction of sp³-hybridized carbons (Fsp3) is 0.188. The first kappa shape index (κ1) is 13.9. The van der Waals surface area contributed by atoms with E-state index in [1.54, 1.807) is 12.1 Å². The van der Waals surface area contributed by atoms with E-state index < -0.39 is 5.97 Å². The lowest BCUT2D eigenvalue weighted by molar-refractivity contribution is 0.0602. The molecule has 0 aliphatic rings. The number of carbonyl (C=O) groups excluding carboxylic acids is 1. The molecule has 1 atom stereocenters. The highest BCUT2D eigenvalue weighted by Crippen LogP contribution is 2.27. The quantitative estimate of drug-likeness (QED) is 0.661. The molecule has 0 saturated carbocycles. The predicted octanol–water partition coefficient (Wildman–Crippen LogP) is 3.23. The number of anilines is 2. The summed E-state index contributed by atoms with van der Waals surface area (Å²) >= 11 is 0. The van der Waals surface area contributed by atoms with Crippen LogP contribution in [-0.4, -0.2) is 13.1 Å². The van der Waals surface area contributed by atoms with Gasteiger partial charge in [0.1, 0.15) is 0 Å². The lowest BCUT2D eigenvalue weighted by atomic mass is 10.1. The third-order valence-electron chi connectivity index (χ3n) is 3.18. The lowest BCUT2D eigenvalue weighted by Crippen LogP contribution is -2.11. The predicted molar refractivity (Wildman–Crippen MR) is 80.7 cm³/mol. The number of para-hydroxylation sites is 1. The van der Waals surface area contributed by atoms with Crippen LogP contribution in [0.25, 0.3) is 0 Å². The van der Waals surface area contributed by atoms with E-state index >= 15 is 0 Å². The van der Waals surface area contributed by atoms with Crippen LogP contribution in [0.1, 0.15) is 28.9 Å². The van der Waals surface area contributed by atoms with Gasteiger partial charge in [0.25, 0.3) is 0 Å². The summed E-state index contributed by atoms with van der Waals surface area (Å²) in [6, 6.07) is 15.4. The summed E-state index contributed by atoms with van der Waals surface area (Å²) in [5, 5.41) is 3.31. The van der Waals surface area contributed by atoms with Gasteiger partial charge < -0.3 is 15.8 Å². The first-order chi connectivity index (χ1) is 9.63. The molecule has 0 aliphatic carbocycles. The number of ether oxygens (including phenoxy) is 1. The average molecular weight is 270 g/mol. The van der Waals surface area contributed by atoms with Crippen LogP contribution in [0.2, 0.25) is 0 Å². The smallest absolute Gasteiger partial charge is 0.340 e. The average Bonchev–Trinajstić information content (AvgIpc) is 2.49. The summed E-state index contributed by atoms with van der Waals surface area (Å²) in [5.74, 6) is -0.432. The van der Waals surface area contributed by atoms with Crippen molar-refractivity contribution >= 4 is 17.3 Å². The van der Waals surface area contributed by atoms with Crippen LogP contribution in [-0.2, 0) is 4.74 Å². The van der Waals surface area contributed by atoms with Crippen molar-refractivity contribution in [2.45, 2.75) is 13.0 Å². The fourth-order valence-corrected chi connectivity index (χ4v) is 2.04. The molecule has 1 unspecified atom stereocenters. The van der Waals surface area contributed by atoms with Gasteiger partial charge in [-0.25, -0.2) is 4.79 Å². The molecule has 0 heterocycles. The Labute approximate surface area is 118 Å². The van der Waals surface area contributed by atoms with Crippen LogP contribution in [0.4, 0.5) is 11.4 Å². The van der Waals surface area contributed by atoms with E-state index in [2.05, 4.69) is 5.32 Å². The SMILES string of the molecule is COC(=O)c1cccc(NC(C)c2ccccc2)c1N. The molecule has 2 aromatic carbocycles. The van der Waals surface area contributed by atoms with Crippen LogP contribution in [0.15, 0.2) is 48.5 Å². The highest BCUT2D eigenvalue weighted by molar-refractivity contribution is 5.98. The number of nitrogens with one attached hydrogen (secondary N) is 1. The van der Waals surface area contributed by atoms with E-state index in [0.717, 1.165) is 11.3 Å². The second-order valence-corrected chi connectivity index (χ2v) is 4.54. The van der Waals surface area contributed by atoms with Gasteiger partial charge in [0.15, 0.2) is 0 Å². The number of nitrogen functional groups attached to an aromatic ring is 1. The van der Waals surface area contributed by atoms with E-state index in [4.69, 9.17) is 10.5 Å². The molecule has 3 N–H and O–H groups in total. The Morgan fingerprint density at radius 2 is 1.85 bits per heavy atom. The van der Waals surface area contributed by atoms with E-state index in [0.29, 0.717) is 11.3 Å². The van der Waals surface area contributed by atoms with Gasteiger partial charge in [-0.3, -0.25) is 0 Å². The molecule has 0 saturated heterocycles. The van der Waals surface area contributed by atoms with Gasteiger partial charge in [-0.15, -0.1) is 0 Å². The third kappa shape index (κ3) is 2.91. The van der Waals surface area contributed by atoms with E-state index in [1.165, 1.54) is 7.11 Å². The Morgan fingerprint density at radius 3 is 2.50 bits per heavy atom. The number of hydrogen-bond donors (Lipinski definition) is 2. The van der Waals surface area contributed by atoms with Crippen LogP contribution in [0.5, 0.6) is 0 Å². The molecule has 4 heteroatoms. The largest absolute Gasteiger partial charge is 0.465 e. The molecule has 2 rings (SSSR count). The van der Waals surface area contributed by atoms with Crippen molar-refractivity contribution in [2.75, 3.05) is 18.2 Å². The Morgan fingerprint density at radius 1 is 1.15 bits per heavy atom. The second kappa shape index (κ2) is 6.10. The van der Waals surface area contributed by atoms with E-state index in [-0.39, 0.29) is 6.04 Å². The number of esters is 1. The van der Waals surface area contributed by atoms with Gasteiger partial charge in [-0.2, -0.15) is 0 Å². The number of carbonyl (C=O) groups is 1. The number of nitrogens with two attached hydrogens (primary N) is 1. The zero-order valence-corrected chi connectivity index (χ0v) is 11.6. The molecule has 104 valence electrons. The molecule has 0 aromatic heterocycles. The third-order valence-corrected chi connectivity index (χ3v) is 3.18. The number of rotatable bonds is 4. The number of hydrogen-bond acceptors (Lipinski definition) is 4. The van der Waals surface area contributed by atoms with Gasteiger partial charge in [-0.05, 0) is 24.6 Å². The zero-order valence-electron chi connectivity index (χ0n) is 11.6. The van der Waals surface area contributed by atoms with Gasteiger partial charge in [-0.1, -0.05) is 36.4 Å². The molecule has 2 aromatic rings. The summed E-state index contributed by atoms with van der Waals surface area (Å²) < 4.78 is 4.71. The number of methoxy groups -OCH3 is 1. The van der Waals surface area contributed by atoms with Crippen molar-refractivity contribution in [3.63, 3.8) is 0 Å². The molecular formula is C16H18N2O2. The highest BCUT2D eigenvalue weighted by atomic mass is 16.5. The van der Waals surface area contributed by atoms with Crippen LogP contribution < -0.4 is 11.1 Å². The van der Waals surface area contributed by atoms with Crippen molar-refractivity contribution in [3.05, 3.63) is 59.7 Å². The minimum atomic E-state index is -0.432. The van der Waals surface area contributed by atoms with Crippen molar-refractivity contribution < 1.29 is 9.53 Å². The summed E-state index contributed by atoms with van der Waals surface area (Å²) in [7, 11) is 1.34. The van der Waals surface area contributed by atoms with Crippen molar-refractivity contribution in [3.8, 4) is 0 Å². The zero-order chi connectivity index (χ0) is 14.5. The standard InChI is InChI=1S/C16H18N2O2/c1-11(12-7-4-3-5-8-12)18-14-10-6-9-13(15(14)17)16(19)20-2/h3-11,18H,17H2,1-2H3. The Bertz CT molecular complexity index is 597. The van der Waals surface area contributed by atoms with E-state index in [9.17, 15) is 4.79 Å². The summed E-state index contributed by atoms with van der Waals surface area (Å²) in [5.41, 5.74) is 8.68. The topological polar surface area (TPSA) is 64.3 Å². The number of benzene rings is 2. The lowest BCUT2D eigenvalue weighted by Gasteiger charge is -2.18. The van der Waals surface area contributed by atoms with Gasteiger partial charge in [0, 0.05) is 6.04 Å². The molecule has 0 fully saturated rings. The fourth-order valence-electron chi connectivity index (χ4n) is 2.04. The maximum absolute atomic E-state index is 11.6. The first-order valence-corrected chi connectivity index (χ1v) is 6.41. The summed E-state index contributed by atoms with van der Waals surface area (Å²) in [6.45, 7) is 2.04. The molecule has 0 aliphatic heterocycles. The van der Waals surface area contributed by atoms with Crippen LogP contribution in [0.3, 0.4) is 0 Å². The molecule has 20 heavy (non-hydrogen) atoms. The summed E-state index contributed by atoms with van der Waals surface area (Å²) in [6.07, 6.45) is 0. The molecule has 0 bridgehead atoms. The van der Waals surface area contributed by atoms with Gasteiger partial charge in [0.2, 0.25) is 0 Å². The maximum atomic E-state index is 11.6. The van der Waals surface area contributed by atoms with Crippen LogP contribution in [0, 0.1) is 0 Å². The molecular weight excluding hydrogens is 252 g/mol. The second-order valence-electron chi connectivity index (χ2n) is 4.54. The van der Waals surface area contributed by atoms with Crippen LogP contribution >= 0.6 is 0 Å². The minimum absolute atomic E-state index is 0.0893. The van der Waals surface area contributed by atoms with E-state index in [1.807, 2.05) is 43.3 Å². The molecule has 0 spiro atoms. The monoisotopic (exact) mass is 270 g/mol. The molecule has 0 radical (unpaired) electrons. The normalized spacial score (nSPS) is 11.7.